The summed E-state index contributed by atoms with van der Waals surface area (Å²) in [6.07, 6.45) is -4.16. The summed E-state index contributed by atoms with van der Waals surface area (Å²) in [6, 6.07) is 2.33. The molecule has 0 amide bonds. The van der Waals surface area contributed by atoms with Crippen molar-refractivity contribution in [1.82, 2.24) is 19.1 Å². The Bertz CT molecular complexity index is 1830. The third kappa shape index (κ3) is 4.35. The molecule has 0 radical (unpaired) electrons. The molecule has 40 heavy (non-hydrogen) atoms. The maximum atomic E-state index is 15.0. The summed E-state index contributed by atoms with van der Waals surface area (Å²) in [5.41, 5.74) is -10.1. The third-order valence-corrected chi connectivity index (χ3v) is 6.37. The first kappa shape index (κ1) is 28.3. The molecule has 3 aromatic heterocycles. The summed E-state index contributed by atoms with van der Waals surface area (Å²) >= 11 is 6.07. The standard InChI is InChI=1S/C23H15ClF4N6O6/c1-3-12-19(13(4-2)30-9-29-12)32-17-10(16(24)20(22(32)36)34(39)40)8-15(23(26,27)28)31(21(17)35)18-11(25)6-5-7-14(18)33(37)38/h5-9H,3-4H2,1-2H3. The molecule has 0 bridgehead atoms. The minimum atomic E-state index is -5.46. The number of aryl methyl sites for hydroxylation is 2. The van der Waals surface area contributed by atoms with Crippen LogP contribution in [0, 0.1) is 26.0 Å². The highest BCUT2D eigenvalue weighted by Crippen LogP contribution is 2.38. The van der Waals surface area contributed by atoms with Crippen molar-refractivity contribution in [2.24, 2.45) is 0 Å². The van der Waals surface area contributed by atoms with E-state index in [4.69, 9.17) is 11.6 Å². The van der Waals surface area contributed by atoms with E-state index in [-0.39, 0.29) is 40.6 Å². The maximum Gasteiger partial charge on any atom is 0.431 e. The van der Waals surface area contributed by atoms with Crippen molar-refractivity contribution in [2.75, 3.05) is 0 Å². The summed E-state index contributed by atoms with van der Waals surface area (Å²) in [4.78, 5) is 56.6. The second-order valence-electron chi connectivity index (χ2n) is 8.18. The molecule has 0 atom stereocenters. The number of benzene rings is 1. The van der Waals surface area contributed by atoms with E-state index in [0.29, 0.717) is 16.7 Å². The van der Waals surface area contributed by atoms with Crippen molar-refractivity contribution < 1.29 is 27.4 Å². The normalized spacial score (nSPS) is 11.7. The quantitative estimate of drug-likeness (QED) is 0.180. The van der Waals surface area contributed by atoms with Crippen LogP contribution in [0.25, 0.3) is 22.3 Å². The molecule has 0 fully saturated rings. The Morgan fingerprint density at radius 2 is 1.55 bits per heavy atom. The minimum absolute atomic E-state index is 0.0861. The zero-order chi connectivity index (χ0) is 29.7. The Labute approximate surface area is 224 Å². The molecule has 0 spiro atoms. The molecular formula is C23H15ClF4N6O6. The Balaban J connectivity index is 2.44. The highest BCUT2D eigenvalue weighted by molar-refractivity contribution is 6.37. The molecule has 0 aliphatic heterocycles. The number of fused-ring (bicyclic) bond motifs is 1. The van der Waals surface area contributed by atoms with E-state index >= 15 is 0 Å². The Morgan fingerprint density at radius 1 is 0.950 bits per heavy atom. The van der Waals surface area contributed by atoms with Crippen LogP contribution in [0.3, 0.4) is 0 Å². The molecule has 4 aromatic rings. The lowest BCUT2D eigenvalue weighted by molar-refractivity contribution is -0.386. The molecule has 0 aliphatic carbocycles. The average Bonchev–Trinajstić information content (AvgIpc) is 2.88. The number of rotatable bonds is 6. The maximum absolute atomic E-state index is 15.0. The number of aromatic nitrogens is 4. The minimum Gasteiger partial charge on any atom is -0.267 e. The molecule has 1 aromatic carbocycles. The molecule has 0 saturated heterocycles. The number of pyridine rings is 2. The molecule has 3 heterocycles. The van der Waals surface area contributed by atoms with Crippen molar-refractivity contribution in [3.05, 3.63) is 99.5 Å². The number of nitrogens with zero attached hydrogens (tertiary/aromatic N) is 6. The SMILES string of the molecule is CCc1ncnc(CC)c1-n1c(=O)c([N+](=O)[O-])c(Cl)c2cc(C(F)(F)F)n(-c3c(F)cccc3[N+](=O)[O-])c(=O)c21. The summed E-state index contributed by atoms with van der Waals surface area (Å²) in [6.45, 7) is 3.18. The van der Waals surface area contributed by atoms with Gasteiger partial charge in [-0.05, 0) is 25.0 Å². The molecular weight excluding hydrogens is 568 g/mol. The van der Waals surface area contributed by atoms with E-state index in [1.165, 1.54) is 0 Å². The highest BCUT2D eigenvalue weighted by Gasteiger charge is 2.40. The summed E-state index contributed by atoms with van der Waals surface area (Å²) in [5.74, 6) is -1.56. The smallest absolute Gasteiger partial charge is 0.267 e. The number of halogens is 5. The van der Waals surface area contributed by atoms with Gasteiger partial charge in [0.15, 0.2) is 11.5 Å². The van der Waals surface area contributed by atoms with Gasteiger partial charge in [0.25, 0.3) is 11.2 Å². The van der Waals surface area contributed by atoms with Crippen LogP contribution >= 0.6 is 11.6 Å². The number of nitro benzene ring substituents is 1. The third-order valence-electron chi connectivity index (χ3n) is 5.98. The van der Waals surface area contributed by atoms with Gasteiger partial charge in [-0.2, -0.15) is 13.2 Å². The Hall–Kier alpha value is -4.73. The first-order valence-electron chi connectivity index (χ1n) is 11.3. The largest absolute Gasteiger partial charge is 0.431 e. The molecule has 208 valence electrons. The summed E-state index contributed by atoms with van der Waals surface area (Å²) in [7, 11) is 0. The monoisotopic (exact) mass is 582 g/mol. The van der Waals surface area contributed by atoms with Crippen LogP contribution in [-0.2, 0) is 19.0 Å². The first-order chi connectivity index (χ1) is 18.8. The predicted octanol–water partition coefficient (Wildman–Crippen LogP) is 4.68. The van der Waals surface area contributed by atoms with Gasteiger partial charge in [-0.25, -0.2) is 14.4 Å². The van der Waals surface area contributed by atoms with Crippen LogP contribution in [0.5, 0.6) is 0 Å². The molecule has 0 saturated carbocycles. The van der Waals surface area contributed by atoms with Gasteiger partial charge in [-0.15, -0.1) is 0 Å². The van der Waals surface area contributed by atoms with Crippen LogP contribution in [-0.4, -0.2) is 28.9 Å². The Kier molecular flexibility index (Phi) is 7.14. The fourth-order valence-corrected chi connectivity index (χ4v) is 4.61. The number of hydrogen-bond acceptors (Lipinski definition) is 8. The fourth-order valence-electron chi connectivity index (χ4n) is 4.32. The second-order valence-corrected chi connectivity index (χ2v) is 8.56. The van der Waals surface area contributed by atoms with Crippen molar-refractivity contribution in [3.63, 3.8) is 0 Å². The zero-order valence-corrected chi connectivity index (χ0v) is 21.1. The van der Waals surface area contributed by atoms with Gasteiger partial charge in [0, 0.05) is 11.5 Å². The van der Waals surface area contributed by atoms with E-state index < -0.39 is 71.6 Å². The van der Waals surface area contributed by atoms with E-state index in [9.17, 15) is 47.4 Å². The lowest BCUT2D eigenvalue weighted by atomic mass is 10.1. The summed E-state index contributed by atoms with van der Waals surface area (Å²) in [5, 5.41) is 21.5. The lowest BCUT2D eigenvalue weighted by Crippen LogP contribution is -2.34. The van der Waals surface area contributed by atoms with E-state index in [1.807, 2.05) is 0 Å². The van der Waals surface area contributed by atoms with Crippen molar-refractivity contribution >= 4 is 33.9 Å². The lowest BCUT2D eigenvalue weighted by Gasteiger charge is -2.20. The van der Waals surface area contributed by atoms with E-state index in [0.717, 1.165) is 12.4 Å². The van der Waals surface area contributed by atoms with Gasteiger partial charge >= 0.3 is 17.4 Å². The van der Waals surface area contributed by atoms with E-state index in [2.05, 4.69) is 9.97 Å². The number of alkyl halides is 3. The average molecular weight is 583 g/mol. The van der Waals surface area contributed by atoms with Crippen molar-refractivity contribution in [2.45, 2.75) is 32.9 Å². The van der Waals surface area contributed by atoms with Gasteiger partial charge in [0.1, 0.15) is 22.6 Å². The van der Waals surface area contributed by atoms with Gasteiger partial charge < -0.3 is 0 Å². The van der Waals surface area contributed by atoms with Crippen molar-refractivity contribution in [3.8, 4) is 11.4 Å². The Morgan fingerprint density at radius 3 is 2.05 bits per heavy atom. The van der Waals surface area contributed by atoms with Crippen LogP contribution in [0.1, 0.15) is 30.9 Å². The number of hydrogen-bond donors (Lipinski definition) is 0. The number of para-hydroxylation sites is 1. The molecule has 4 rings (SSSR count). The van der Waals surface area contributed by atoms with Gasteiger partial charge in [-0.3, -0.25) is 39.0 Å². The second kappa shape index (κ2) is 10.1. The van der Waals surface area contributed by atoms with Crippen LogP contribution < -0.4 is 11.1 Å². The number of nitro groups is 2. The molecule has 12 nitrogen and oxygen atoms in total. The van der Waals surface area contributed by atoms with Crippen LogP contribution in [0.4, 0.5) is 28.9 Å². The van der Waals surface area contributed by atoms with Gasteiger partial charge in [-0.1, -0.05) is 31.5 Å². The molecule has 17 heteroatoms. The van der Waals surface area contributed by atoms with Crippen molar-refractivity contribution in [1.29, 1.82) is 0 Å². The van der Waals surface area contributed by atoms with Gasteiger partial charge in [0.2, 0.25) is 0 Å². The highest BCUT2D eigenvalue weighted by atomic mass is 35.5. The van der Waals surface area contributed by atoms with E-state index in [1.54, 1.807) is 13.8 Å². The van der Waals surface area contributed by atoms with Crippen LogP contribution in [0.15, 0.2) is 40.2 Å². The molecule has 0 aliphatic rings. The first-order valence-corrected chi connectivity index (χ1v) is 11.7. The summed E-state index contributed by atoms with van der Waals surface area (Å²) < 4.78 is 58.1. The molecule has 0 N–H and O–H groups in total. The zero-order valence-electron chi connectivity index (χ0n) is 20.3. The predicted molar refractivity (Wildman–Crippen MR) is 133 cm³/mol. The topological polar surface area (TPSA) is 156 Å². The fraction of sp³-hybridized carbons (Fsp3) is 0.217. The van der Waals surface area contributed by atoms with Crippen LogP contribution in [0.2, 0.25) is 5.02 Å². The van der Waals surface area contributed by atoms with Gasteiger partial charge in [0.05, 0.1) is 26.9 Å². The molecule has 0 unspecified atom stereocenters.